The van der Waals surface area contributed by atoms with Crippen LogP contribution in [0.1, 0.15) is 51.2 Å². The number of esters is 1. The molecule has 212 valence electrons. The third-order valence-corrected chi connectivity index (χ3v) is 6.42. The molecular weight excluding hydrogens is 500 g/mol. The Kier molecular flexibility index (Phi) is 10.1. The highest BCUT2D eigenvalue weighted by Crippen LogP contribution is 2.23. The minimum absolute atomic E-state index is 0.0967. The number of fused-ring (bicyclic) bond motifs is 1. The van der Waals surface area contributed by atoms with Crippen molar-refractivity contribution < 1.29 is 29.3 Å². The van der Waals surface area contributed by atoms with Gasteiger partial charge in [0, 0.05) is 17.1 Å². The Labute approximate surface area is 228 Å². The quantitative estimate of drug-likeness (QED) is 0.0584. The van der Waals surface area contributed by atoms with Gasteiger partial charge in [0.15, 0.2) is 6.04 Å². The first kappa shape index (κ1) is 30.1. The van der Waals surface area contributed by atoms with E-state index in [4.69, 9.17) is 21.1 Å². The first-order valence-corrected chi connectivity index (χ1v) is 13.1. The molecule has 3 aromatic rings. The van der Waals surface area contributed by atoms with Crippen LogP contribution in [0, 0.1) is 0 Å². The van der Waals surface area contributed by atoms with Gasteiger partial charge in [0.05, 0.1) is 6.61 Å². The van der Waals surface area contributed by atoms with Crippen LogP contribution >= 0.6 is 0 Å². The maximum atomic E-state index is 12.8. The van der Waals surface area contributed by atoms with Gasteiger partial charge in [-0.25, -0.2) is 15.6 Å². The minimum Gasteiger partial charge on any atom is -0.459 e. The number of H-pyrrole nitrogens is 1. The average molecular weight is 541 g/mol. The molecule has 7 N–H and O–H groups in total. The lowest BCUT2D eigenvalue weighted by Gasteiger charge is -2.39. The van der Waals surface area contributed by atoms with Gasteiger partial charge in [0.1, 0.15) is 11.6 Å². The molecule has 0 spiro atoms. The second kappa shape index (κ2) is 13.1. The van der Waals surface area contributed by atoms with E-state index in [2.05, 4.69) is 11.1 Å². The highest BCUT2D eigenvalue weighted by Gasteiger charge is 2.49. The van der Waals surface area contributed by atoms with Crippen LogP contribution in [-0.2, 0) is 27.1 Å². The molecule has 2 unspecified atom stereocenters. The fraction of sp³-hybridized carbons (Fsp3) is 0.448. The summed E-state index contributed by atoms with van der Waals surface area (Å²) in [5.41, 5.74) is 7.99. The number of hydrogen-bond acceptors (Lipinski definition) is 8. The number of para-hydroxylation sites is 1. The Bertz CT molecular complexity index is 1220. The fourth-order valence-electron chi connectivity index (χ4n) is 4.33. The number of nitrogens with zero attached hydrogens (tertiary/aromatic N) is 1. The van der Waals surface area contributed by atoms with E-state index in [0.29, 0.717) is 17.0 Å². The van der Waals surface area contributed by atoms with Crippen LogP contribution in [0.25, 0.3) is 10.9 Å². The molecule has 2 atom stereocenters. The average Bonchev–Trinajstić information content (AvgIpc) is 3.30. The maximum Gasteiger partial charge on any atom is 0.424 e. The number of nitrogens with one attached hydrogen (secondary N) is 1. The number of rotatable bonds is 12. The summed E-state index contributed by atoms with van der Waals surface area (Å²) in [5, 5.41) is 23.8. The summed E-state index contributed by atoms with van der Waals surface area (Å²) >= 11 is 0. The highest BCUT2D eigenvalue weighted by atomic mass is 16.6. The number of carbonyl (C=O) groups is 2. The van der Waals surface area contributed by atoms with Crippen molar-refractivity contribution in [3.8, 4) is 0 Å². The van der Waals surface area contributed by atoms with Crippen molar-refractivity contribution in [1.29, 1.82) is 0 Å². The zero-order valence-electron chi connectivity index (χ0n) is 22.8. The monoisotopic (exact) mass is 540 g/mol. The number of nitrogens with two attached hydrogens (primary N) is 2. The van der Waals surface area contributed by atoms with Crippen LogP contribution in [0.2, 0.25) is 0 Å². The van der Waals surface area contributed by atoms with Crippen molar-refractivity contribution in [2.75, 3.05) is 6.61 Å². The summed E-state index contributed by atoms with van der Waals surface area (Å²) in [7, 11) is 0. The molecule has 0 aliphatic rings. The topological polar surface area (TPSA) is 164 Å². The zero-order chi connectivity index (χ0) is 28.6. The van der Waals surface area contributed by atoms with Gasteiger partial charge in [-0.15, -0.1) is 0 Å². The molecule has 0 fully saturated rings. The molecule has 1 heterocycles. The van der Waals surface area contributed by atoms with Crippen molar-refractivity contribution in [2.24, 2.45) is 11.6 Å². The van der Waals surface area contributed by atoms with Crippen molar-refractivity contribution in [3.63, 3.8) is 0 Å². The predicted octanol–water partition coefficient (Wildman–Crippen LogP) is 3.15. The van der Waals surface area contributed by atoms with Crippen LogP contribution < -0.4 is 11.6 Å². The van der Waals surface area contributed by atoms with Gasteiger partial charge < -0.3 is 30.4 Å². The number of carbonyl (C=O) groups excluding carboxylic acids is 2. The SMILES string of the molecule is CC(C)(C)OC(=O)C(N)C(O)(O)C(Cc1ccccc1)N(N)C(=O)OCCCCCc1c[nH]c2ccccc12. The Hall–Kier alpha value is -3.44. The predicted molar refractivity (Wildman–Crippen MR) is 148 cm³/mol. The van der Waals surface area contributed by atoms with Crippen molar-refractivity contribution >= 4 is 23.0 Å². The lowest BCUT2D eigenvalue weighted by Crippen LogP contribution is -2.68. The van der Waals surface area contributed by atoms with E-state index < -0.39 is 35.5 Å². The molecule has 0 aliphatic carbocycles. The van der Waals surface area contributed by atoms with Crippen molar-refractivity contribution in [2.45, 2.75) is 76.3 Å². The highest BCUT2D eigenvalue weighted by molar-refractivity contribution is 5.83. The van der Waals surface area contributed by atoms with Crippen LogP contribution in [-0.4, -0.2) is 62.3 Å². The standard InChI is InChI=1S/C29H40N4O6/c1-28(2,3)39-26(34)25(30)29(36,37)24(18-20-12-6-4-7-13-20)33(31)27(35)38-17-11-5-8-14-21-19-32-23-16-10-9-15-22(21)23/h4,6-7,9-10,12-13,15-16,19,24-25,32,36-37H,5,8,11,14,17-18,30-31H2,1-3H3. The van der Waals surface area contributed by atoms with Crippen LogP contribution in [0.5, 0.6) is 0 Å². The van der Waals surface area contributed by atoms with E-state index in [1.54, 1.807) is 51.1 Å². The third kappa shape index (κ3) is 8.27. The molecule has 0 radical (unpaired) electrons. The number of amides is 1. The Balaban J connectivity index is 1.58. The van der Waals surface area contributed by atoms with Gasteiger partial charge in [-0.05, 0) is 70.1 Å². The van der Waals surface area contributed by atoms with E-state index in [0.717, 1.165) is 24.8 Å². The molecule has 10 nitrogen and oxygen atoms in total. The van der Waals surface area contributed by atoms with E-state index >= 15 is 0 Å². The summed E-state index contributed by atoms with van der Waals surface area (Å²) in [6.45, 7) is 4.98. The zero-order valence-corrected chi connectivity index (χ0v) is 22.8. The summed E-state index contributed by atoms with van der Waals surface area (Å²) in [6, 6.07) is 13.5. The molecule has 39 heavy (non-hydrogen) atoms. The number of hydrogen-bond donors (Lipinski definition) is 5. The Morgan fingerprint density at radius 2 is 1.67 bits per heavy atom. The first-order chi connectivity index (χ1) is 18.4. The summed E-state index contributed by atoms with van der Waals surface area (Å²) in [6.07, 6.45) is 4.17. The molecular formula is C29H40N4O6. The van der Waals surface area contributed by atoms with Crippen LogP contribution in [0.3, 0.4) is 0 Å². The summed E-state index contributed by atoms with van der Waals surface area (Å²) < 4.78 is 10.5. The van der Waals surface area contributed by atoms with Gasteiger partial charge >= 0.3 is 12.1 Å². The van der Waals surface area contributed by atoms with Gasteiger partial charge in [-0.2, -0.15) is 0 Å². The smallest absolute Gasteiger partial charge is 0.424 e. The van der Waals surface area contributed by atoms with E-state index in [9.17, 15) is 19.8 Å². The van der Waals surface area contributed by atoms with Gasteiger partial charge in [0.25, 0.3) is 0 Å². The molecule has 0 bridgehead atoms. The molecule has 0 saturated carbocycles. The second-order valence-corrected chi connectivity index (χ2v) is 10.7. The molecule has 1 aromatic heterocycles. The van der Waals surface area contributed by atoms with Gasteiger partial charge in [-0.1, -0.05) is 48.5 Å². The number of unbranched alkanes of at least 4 members (excludes halogenated alkanes) is 2. The fourth-order valence-corrected chi connectivity index (χ4v) is 4.33. The number of aromatic nitrogens is 1. The molecule has 0 aliphatic heterocycles. The normalized spacial score (nSPS) is 13.6. The van der Waals surface area contributed by atoms with Crippen molar-refractivity contribution in [1.82, 2.24) is 9.99 Å². The number of aliphatic hydroxyl groups is 2. The molecule has 1 amide bonds. The van der Waals surface area contributed by atoms with Crippen LogP contribution in [0.4, 0.5) is 4.79 Å². The number of hydrazine groups is 1. The van der Waals surface area contributed by atoms with Gasteiger partial charge in [-0.3, -0.25) is 4.79 Å². The minimum atomic E-state index is -2.91. The van der Waals surface area contributed by atoms with E-state index in [1.165, 1.54) is 10.9 Å². The molecule has 0 saturated heterocycles. The molecule has 3 rings (SSSR count). The second-order valence-electron chi connectivity index (χ2n) is 10.7. The molecule has 10 heteroatoms. The Morgan fingerprint density at radius 3 is 2.36 bits per heavy atom. The first-order valence-electron chi connectivity index (χ1n) is 13.1. The maximum absolute atomic E-state index is 12.8. The van der Waals surface area contributed by atoms with E-state index in [1.807, 2.05) is 24.4 Å². The number of aromatic amines is 1. The number of ether oxygens (including phenoxy) is 2. The molecule has 2 aromatic carbocycles. The van der Waals surface area contributed by atoms with Crippen molar-refractivity contribution in [3.05, 3.63) is 71.9 Å². The Morgan fingerprint density at radius 1 is 1.00 bits per heavy atom. The number of aryl methyl sites for hydroxylation is 1. The number of benzene rings is 2. The summed E-state index contributed by atoms with van der Waals surface area (Å²) in [5.74, 6) is 2.10. The summed E-state index contributed by atoms with van der Waals surface area (Å²) in [4.78, 5) is 28.6. The lowest BCUT2D eigenvalue weighted by molar-refractivity contribution is -0.226. The van der Waals surface area contributed by atoms with Crippen LogP contribution in [0.15, 0.2) is 60.8 Å². The van der Waals surface area contributed by atoms with Gasteiger partial charge in [0.2, 0.25) is 5.79 Å². The largest absolute Gasteiger partial charge is 0.459 e. The lowest BCUT2D eigenvalue weighted by atomic mass is 9.92. The third-order valence-electron chi connectivity index (χ3n) is 6.42. The van der Waals surface area contributed by atoms with E-state index in [-0.39, 0.29) is 13.0 Å².